The lowest BCUT2D eigenvalue weighted by Gasteiger charge is -2.24. The summed E-state index contributed by atoms with van der Waals surface area (Å²) >= 11 is 0. The Morgan fingerprint density at radius 3 is 0.987 bits per heavy atom. The first-order valence-corrected chi connectivity index (χ1v) is 26.4. The molecule has 0 atom stereocenters. The van der Waals surface area contributed by atoms with E-state index in [4.69, 9.17) is 17.7 Å². The molecule has 15 aromatic rings. The highest BCUT2D eigenvalue weighted by molar-refractivity contribution is 6.24. The maximum absolute atomic E-state index is 7.10. The van der Waals surface area contributed by atoms with Crippen molar-refractivity contribution >= 4 is 87.8 Å². The Morgan fingerprint density at radius 2 is 0.579 bits per heavy atom. The molecule has 0 aliphatic heterocycles. The average Bonchev–Trinajstić information content (AvgIpc) is 4.44. The molecular weight excluding hydrogens is 929 g/mol. The van der Waals surface area contributed by atoms with Crippen molar-refractivity contribution in [2.24, 2.45) is 0 Å². The number of fused-ring (bicyclic) bond motifs is 20. The van der Waals surface area contributed by atoms with Crippen LogP contribution in [-0.2, 0) is 10.8 Å². The van der Waals surface area contributed by atoms with E-state index in [2.05, 4.69) is 234 Å². The van der Waals surface area contributed by atoms with E-state index in [0.29, 0.717) is 0 Å². The van der Waals surface area contributed by atoms with Gasteiger partial charge in [-0.1, -0.05) is 198 Å². The molecule has 358 valence electrons. The second-order valence-corrected chi connectivity index (χ2v) is 22.2. The number of hydrogen-bond donors (Lipinski definition) is 0. The monoisotopic (exact) mass is 974 g/mol. The number of hydrogen-bond acceptors (Lipinski definition) is 4. The highest BCUT2D eigenvalue weighted by Gasteiger charge is 2.45. The van der Waals surface area contributed by atoms with Gasteiger partial charge in [0.2, 0.25) is 0 Å². The minimum absolute atomic E-state index is 0.386. The van der Waals surface area contributed by atoms with Crippen LogP contribution >= 0.6 is 0 Å². The van der Waals surface area contributed by atoms with Crippen molar-refractivity contribution in [2.75, 3.05) is 0 Å². The first-order chi connectivity index (χ1) is 37.2. The molecule has 4 aromatic heterocycles. The van der Waals surface area contributed by atoms with Crippen LogP contribution in [0.15, 0.2) is 224 Å². The molecule has 11 aromatic carbocycles. The maximum Gasteiger partial charge on any atom is 0.144 e. The van der Waals surface area contributed by atoms with Crippen molar-refractivity contribution in [1.29, 1.82) is 0 Å². The Bertz CT molecular complexity index is 4710. The van der Waals surface area contributed by atoms with Crippen molar-refractivity contribution in [2.45, 2.75) is 38.5 Å². The van der Waals surface area contributed by atoms with E-state index >= 15 is 0 Å². The smallest absolute Gasteiger partial charge is 0.144 e. The molecule has 0 fully saturated rings. The van der Waals surface area contributed by atoms with Crippen molar-refractivity contribution in [3.8, 4) is 66.8 Å². The molecule has 0 amide bonds. The van der Waals surface area contributed by atoms with Gasteiger partial charge in [-0.3, -0.25) is 0 Å². The van der Waals surface area contributed by atoms with Gasteiger partial charge in [-0.05, 0) is 92.0 Å². The van der Waals surface area contributed by atoms with E-state index in [1.165, 1.54) is 44.5 Å². The molecule has 2 aliphatic rings. The van der Waals surface area contributed by atoms with Crippen molar-refractivity contribution < 1.29 is 17.7 Å². The molecule has 17 rings (SSSR count). The summed E-state index contributed by atoms with van der Waals surface area (Å²) in [6.07, 6.45) is 0. The second-order valence-electron chi connectivity index (χ2n) is 22.2. The summed E-state index contributed by atoms with van der Waals surface area (Å²) in [4.78, 5) is 0. The lowest BCUT2D eigenvalue weighted by Crippen LogP contribution is -2.17. The van der Waals surface area contributed by atoms with Gasteiger partial charge >= 0.3 is 0 Å². The summed E-state index contributed by atoms with van der Waals surface area (Å²) in [7, 11) is 0. The summed E-state index contributed by atoms with van der Waals surface area (Å²) in [5.41, 5.74) is 24.9. The van der Waals surface area contributed by atoms with Gasteiger partial charge in [0, 0.05) is 87.3 Å². The van der Waals surface area contributed by atoms with E-state index in [9.17, 15) is 0 Å². The van der Waals surface area contributed by atoms with E-state index in [-0.39, 0.29) is 10.8 Å². The molecule has 0 saturated carbocycles. The number of para-hydroxylation sites is 6. The van der Waals surface area contributed by atoms with Crippen LogP contribution in [0.1, 0.15) is 49.9 Å². The van der Waals surface area contributed by atoms with Crippen molar-refractivity contribution in [3.63, 3.8) is 0 Å². The Kier molecular flexibility index (Phi) is 8.12. The minimum Gasteiger partial charge on any atom is -0.455 e. The van der Waals surface area contributed by atoms with Crippen LogP contribution in [0, 0.1) is 0 Å². The zero-order chi connectivity index (χ0) is 50.3. The lowest BCUT2D eigenvalue weighted by molar-refractivity contribution is 0.650. The van der Waals surface area contributed by atoms with Crippen LogP contribution < -0.4 is 0 Å². The van der Waals surface area contributed by atoms with Crippen LogP contribution in [-0.4, -0.2) is 0 Å². The Hall–Kier alpha value is -9.38. The van der Waals surface area contributed by atoms with Crippen LogP contribution in [0.5, 0.6) is 0 Å². The van der Waals surface area contributed by atoms with E-state index in [1.807, 2.05) is 0 Å². The SMILES string of the molecule is CC1(C)c2cc3c(cc2-c2c1cc(-c1cccc4c1oc1c(-c5ccccc5)cccc14)c1oc4ccccc4c21)C(C)(C)c1cc(-c2cccc4c2oc2c(-c5ccccc5)cccc24)c2oc4ccccc4c2c1-3. The van der Waals surface area contributed by atoms with Gasteiger partial charge in [-0.25, -0.2) is 0 Å². The highest BCUT2D eigenvalue weighted by Crippen LogP contribution is 2.62. The predicted octanol–water partition coefficient (Wildman–Crippen LogP) is 20.6. The fraction of sp³-hybridized carbons (Fsp3) is 0.0833. The number of rotatable bonds is 4. The third-order valence-corrected chi connectivity index (χ3v) is 17.5. The number of furan rings is 4. The van der Waals surface area contributed by atoms with Crippen LogP contribution in [0.2, 0.25) is 0 Å². The zero-order valence-electron chi connectivity index (χ0n) is 42.3. The number of benzene rings is 11. The van der Waals surface area contributed by atoms with Crippen molar-refractivity contribution in [3.05, 3.63) is 229 Å². The Labute approximate surface area is 437 Å². The normalized spacial score (nSPS) is 14.3. The predicted molar refractivity (Wildman–Crippen MR) is 312 cm³/mol. The molecule has 0 saturated heterocycles. The molecule has 4 heteroatoms. The minimum atomic E-state index is -0.386. The molecule has 0 radical (unpaired) electrons. The lowest BCUT2D eigenvalue weighted by atomic mass is 9.78. The van der Waals surface area contributed by atoms with Gasteiger partial charge in [-0.2, -0.15) is 0 Å². The van der Waals surface area contributed by atoms with Gasteiger partial charge in [0.25, 0.3) is 0 Å². The molecule has 76 heavy (non-hydrogen) atoms. The summed E-state index contributed by atoms with van der Waals surface area (Å²) in [6.45, 7) is 9.61. The molecule has 0 N–H and O–H groups in total. The van der Waals surface area contributed by atoms with E-state index < -0.39 is 0 Å². The third-order valence-electron chi connectivity index (χ3n) is 17.5. The fourth-order valence-electron chi connectivity index (χ4n) is 13.8. The van der Waals surface area contributed by atoms with Crippen LogP contribution in [0.25, 0.3) is 155 Å². The van der Waals surface area contributed by atoms with Gasteiger partial charge < -0.3 is 17.7 Å². The van der Waals surface area contributed by atoms with Gasteiger partial charge in [-0.15, -0.1) is 0 Å². The van der Waals surface area contributed by atoms with Gasteiger partial charge in [0.05, 0.1) is 0 Å². The fourth-order valence-corrected chi connectivity index (χ4v) is 13.8. The summed E-state index contributed by atoms with van der Waals surface area (Å²) in [5, 5.41) is 8.86. The van der Waals surface area contributed by atoms with Gasteiger partial charge in [0.15, 0.2) is 0 Å². The molecular formula is C72H46O4. The Morgan fingerprint density at radius 1 is 0.250 bits per heavy atom. The van der Waals surface area contributed by atoms with Crippen LogP contribution in [0.4, 0.5) is 0 Å². The topological polar surface area (TPSA) is 52.6 Å². The molecule has 0 bridgehead atoms. The molecule has 4 nitrogen and oxygen atoms in total. The summed E-state index contributed by atoms with van der Waals surface area (Å²) in [5.74, 6) is 0. The standard InChI is InChI=1S/C72H46O4/c1-71(2)55-37-54-56(38-53(55)61-57(71)35-51(69-63(61)49-23-11-13-33-59(49)73-69)47-31-17-29-45-43-27-15-25-41(65(43)75-67(45)47)39-19-7-5-8-20-39)72(3,4)58-36-52(70-64(62(54)58)50-24-12-14-34-60(50)74-70)48-32-18-30-46-44-28-16-26-42(66(44)76-68(46)48)40-21-9-6-10-22-40/h5-38H,1-4H3. The highest BCUT2D eigenvalue weighted by atomic mass is 16.3. The van der Waals surface area contributed by atoms with Crippen LogP contribution in [0.3, 0.4) is 0 Å². The quantitative estimate of drug-likeness (QED) is 0.176. The van der Waals surface area contributed by atoms with Crippen molar-refractivity contribution in [1.82, 2.24) is 0 Å². The first kappa shape index (κ1) is 42.0. The molecule has 0 spiro atoms. The largest absolute Gasteiger partial charge is 0.455 e. The first-order valence-electron chi connectivity index (χ1n) is 26.4. The summed E-state index contributed by atoms with van der Waals surface area (Å²) < 4.78 is 28.4. The Balaban J connectivity index is 0.900. The van der Waals surface area contributed by atoms with Gasteiger partial charge in [0.1, 0.15) is 44.7 Å². The van der Waals surface area contributed by atoms with E-state index in [1.54, 1.807) is 0 Å². The zero-order valence-corrected chi connectivity index (χ0v) is 42.3. The summed E-state index contributed by atoms with van der Waals surface area (Å²) in [6, 6.07) is 74.1. The molecule has 0 unspecified atom stereocenters. The third kappa shape index (κ3) is 5.37. The molecule has 2 aliphatic carbocycles. The average molecular weight is 975 g/mol. The second kappa shape index (κ2) is 14.7. The maximum atomic E-state index is 7.10. The van der Waals surface area contributed by atoms with E-state index in [0.717, 1.165) is 132 Å². The molecule has 4 heterocycles.